The van der Waals surface area contributed by atoms with Crippen molar-refractivity contribution in [3.63, 3.8) is 0 Å². The summed E-state index contributed by atoms with van der Waals surface area (Å²) in [4.78, 5) is 11.4. The van der Waals surface area contributed by atoms with Crippen LogP contribution >= 0.6 is 35.0 Å². The highest BCUT2D eigenvalue weighted by atomic mass is 35.5. The number of carboxylic acid groups (broad SMARTS) is 1. The Morgan fingerprint density at radius 2 is 2.06 bits per heavy atom. The SMILES string of the molecule is CC(O)(CSc1ccc(Cl)c(Cl)c1)C(=O)O. The average Bonchev–Trinajstić information content (AvgIpc) is 2.20. The van der Waals surface area contributed by atoms with Crippen molar-refractivity contribution in [1.82, 2.24) is 0 Å². The predicted molar refractivity (Wildman–Crippen MR) is 65.4 cm³/mol. The van der Waals surface area contributed by atoms with Crippen LogP contribution in [0.15, 0.2) is 23.1 Å². The maximum atomic E-state index is 10.7. The molecule has 3 nitrogen and oxygen atoms in total. The van der Waals surface area contributed by atoms with E-state index in [1.807, 2.05) is 0 Å². The molecule has 0 bridgehead atoms. The van der Waals surface area contributed by atoms with Gasteiger partial charge in [0, 0.05) is 10.6 Å². The molecule has 6 heteroatoms. The number of aliphatic carboxylic acids is 1. The highest BCUT2D eigenvalue weighted by molar-refractivity contribution is 7.99. The minimum atomic E-state index is -1.75. The molecule has 16 heavy (non-hydrogen) atoms. The normalized spacial score (nSPS) is 14.5. The van der Waals surface area contributed by atoms with Gasteiger partial charge in [-0.15, -0.1) is 11.8 Å². The van der Waals surface area contributed by atoms with Gasteiger partial charge < -0.3 is 10.2 Å². The fraction of sp³-hybridized carbons (Fsp3) is 0.300. The van der Waals surface area contributed by atoms with E-state index in [0.717, 1.165) is 4.90 Å². The summed E-state index contributed by atoms with van der Waals surface area (Å²) in [6.07, 6.45) is 0. The lowest BCUT2D eigenvalue weighted by atomic mass is 10.1. The van der Waals surface area contributed by atoms with E-state index in [1.54, 1.807) is 18.2 Å². The average molecular weight is 281 g/mol. The first kappa shape index (κ1) is 13.6. The van der Waals surface area contributed by atoms with Gasteiger partial charge in [0.1, 0.15) is 0 Å². The van der Waals surface area contributed by atoms with E-state index in [0.29, 0.717) is 10.0 Å². The number of aliphatic hydroxyl groups is 1. The van der Waals surface area contributed by atoms with Crippen LogP contribution in [0.25, 0.3) is 0 Å². The largest absolute Gasteiger partial charge is 0.479 e. The Hall–Kier alpha value is -0.420. The summed E-state index contributed by atoms with van der Waals surface area (Å²) in [5.74, 6) is -1.21. The Morgan fingerprint density at radius 3 is 2.56 bits per heavy atom. The van der Waals surface area contributed by atoms with Crippen LogP contribution in [0, 0.1) is 0 Å². The molecule has 1 rings (SSSR count). The van der Waals surface area contributed by atoms with Gasteiger partial charge >= 0.3 is 5.97 Å². The minimum absolute atomic E-state index is 0.0420. The van der Waals surface area contributed by atoms with Crippen LogP contribution in [0.2, 0.25) is 10.0 Å². The zero-order chi connectivity index (χ0) is 12.3. The topological polar surface area (TPSA) is 57.5 Å². The summed E-state index contributed by atoms with van der Waals surface area (Å²) in [6, 6.07) is 4.98. The highest BCUT2D eigenvalue weighted by Gasteiger charge is 2.29. The summed E-state index contributed by atoms with van der Waals surface area (Å²) in [6.45, 7) is 1.25. The lowest BCUT2D eigenvalue weighted by Crippen LogP contribution is -2.37. The molecule has 1 atom stereocenters. The zero-order valence-electron chi connectivity index (χ0n) is 8.41. The number of thioether (sulfide) groups is 1. The first-order valence-electron chi connectivity index (χ1n) is 4.36. The fourth-order valence-electron chi connectivity index (χ4n) is 0.852. The first-order chi connectivity index (χ1) is 7.33. The van der Waals surface area contributed by atoms with Crippen molar-refractivity contribution in [1.29, 1.82) is 0 Å². The molecule has 2 N–H and O–H groups in total. The van der Waals surface area contributed by atoms with Crippen LogP contribution < -0.4 is 0 Å². The number of halogens is 2. The van der Waals surface area contributed by atoms with Gasteiger partial charge in [-0.05, 0) is 25.1 Å². The molecule has 0 fully saturated rings. The summed E-state index contributed by atoms with van der Waals surface area (Å²) in [5.41, 5.74) is -1.75. The van der Waals surface area contributed by atoms with E-state index in [9.17, 15) is 9.90 Å². The second kappa shape index (κ2) is 5.27. The Morgan fingerprint density at radius 1 is 1.44 bits per heavy atom. The Labute approximate surface area is 107 Å². The predicted octanol–water partition coefficient (Wildman–Crippen LogP) is 2.92. The van der Waals surface area contributed by atoms with Gasteiger partial charge in [-0.1, -0.05) is 23.2 Å². The minimum Gasteiger partial charge on any atom is -0.479 e. The summed E-state index contributed by atoms with van der Waals surface area (Å²) < 4.78 is 0. The van der Waals surface area contributed by atoms with Gasteiger partial charge in [0.15, 0.2) is 5.60 Å². The van der Waals surface area contributed by atoms with E-state index in [2.05, 4.69) is 0 Å². The molecular formula is C10H10Cl2O3S. The molecule has 0 spiro atoms. The summed E-state index contributed by atoms with van der Waals surface area (Å²) in [5, 5.41) is 19.1. The van der Waals surface area contributed by atoms with E-state index in [4.69, 9.17) is 28.3 Å². The number of hydrogen-bond acceptors (Lipinski definition) is 3. The molecular weight excluding hydrogens is 271 g/mol. The molecule has 1 aromatic rings. The lowest BCUT2D eigenvalue weighted by molar-refractivity contribution is -0.154. The van der Waals surface area contributed by atoms with Gasteiger partial charge in [0.2, 0.25) is 0 Å². The third-order valence-corrected chi connectivity index (χ3v) is 3.90. The van der Waals surface area contributed by atoms with Crippen molar-refractivity contribution in [3.05, 3.63) is 28.2 Å². The fourth-order valence-corrected chi connectivity index (χ4v) is 2.15. The smallest absolute Gasteiger partial charge is 0.336 e. The number of carboxylic acids is 1. The maximum absolute atomic E-state index is 10.7. The molecule has 88 valence electrons. The number of hydrogen-bond donors (Lipinski definition) is 2. The van der Waals surface area contributed by atoms with E-state index in [1.165, 1.54) is 18.7 Å². The van der Waals surface area contributed by atoms with Crippen molar-refractivity contribution in [2.75, 3.05) is 5.75 Å². The molecule has 0 radical (unpaired) electrons. The quantitative estimate of drug-likeness (QED) is 0.833. The summed E-state index contributed by atoms with van der Waals surface area (Å²) in [7, 11) is 0. The van der Waals surface area contributed by atoms with Gasteiger partial charge in [-0.25, -0.2) is 4.79 Å². The Bertz CT molecular complexity index is 407. The van der Waals surface area contributed by atoms with Crippen molar-refractivity contribution in [3.8, 4) is 0 Å². The third kappa shape index (κ3) is 3.56. The van der Waals surface area contributed by atoms with Crippen LogP contribution in [-0.4, -0.2) is 27.5 Å². The van der Waals surface area contributed by atoms with Gasteiger partial charge in [0.05, 0.1) is 10.0 Å². The van der Waals surface area contributed by atoms with Crippen molar-refractivity contribution in [2.24, 2.45) is 0 Å². The van der Waals surface area contributed by atoms with Crippen molar-refractivity contribution < 1.29 is 15.0 Å². The van der Waals surface area contributed by atoms with Crippen molar-refractivity contribution >= 4 is 40.9 Å². The molecule has 0 heterocycles. The highest BCUT2D eigenvalue weighted by Crippen LogP contribution is 2.29. The van der Waals surface area contributed by atoms with Crippen LogP contribution in [0.1, 0.15) is 6.92 Å². The number of benzene rings is 1. The molecule has 1 unspecified atom stereocenters. The van der Waals surface area contributed by atoms with Crippen molar-refractivity contribution in [2.45, 2.75) is 17.4 Å². The van der Waals surface area contributed by atoms with Crippen LogP contribution in [0.5, 0.6) is 0 Å². The van der Waals surface area contributed by atoms with Gasteiger partial charge in [-0.3, -0.25) is 0 Å². The lowest BCUT2D eigenvalue weighted by Gasteiger charge is -2.17. The standard InChI is InChI=1S/C10H10Cl2O3S/c1-10(15,9(13)14)5-16-6-2-3-7(11)8(12)4-6/h2-4,15H,5H2,1H3,(H,13,14). The Kier molecular flexibility index (Phi) is 4.50. The second-order valence-electron chi connectivity index (χ2n) is 3.44. The maximum Gasteiger partial charge on any atom is 0.336 e. The van der Waals surface area contributed by atoms with E-state index >= 15 is 0 Å². The van der Waals surface area contributed by atoms with Gasteiger partial charge in [0.25, 0.3) is 0 Å². The zero-order valence-corrected chi connectivity index (χ0v) is 10.7. The van der Waals surface area contributed by atoms with Crippen LogP contribution in [0.4, 0.5) is 0 Å². The van der Waals surface area contributed by atoms with E-state index in [-0.39, 0.29) is 5.75 Å². The van der Waals surface area contributed by atoms with E-state index < -0.39 is 11.6 Å². The molecule has 0 aliphatic heterocycles. The molecule has 0 aliphatic carbocycles. The monoisotopic (exact) mass is 280 g/mol. The third-order valence-electron chi connectivity index (χ3n) is 1.87. The number of rotatable bonds is 4. The summed E-state index contributed by atoms with van der Waals surface area (Å²) >= 11 is 12.7. The molecule has 0 saturated heterocycles. The molecule has 0 aromatic heterocycles. The molecule has 0 amide bonds. The van der Waals surface area contributed by atoms with Crippen LogP contribution in [0.3, 0.4) is 0 Å². The molecule has 0 saturated carbocycles. The Balaban J connectivity index is 2.68. The van der Waals surface area contributed by atoms with Gasteiger partial charge in [-0.2, -0.15) is 0 Å². The van der Waals surface area contributed by atoms with Crippen LogP contribution in [-0.2, 0) is 4.79 Å². The second-order valence-corrected chi connectivity index (χ2v) is 5.31. The molecule has 1 aromatic carbocycles. The first-order valence-corrected chi connectivity index (χ1v) is 6.11. The number of carbonyl (C=O) groups is 1. The molecule has 0 aliphatic rings.